The number of nitrogens with zero attached hydrogens (tertiary/aromatic N) is 7. The van der Waals surface area contributed by atoms with Crippen molar-refractivity contribution in [2.24, 2.45) is 0 Å². The van der Waals surface area contributed by atoms with Gasteiger partial charge in [-0.2, -0.15) is 30.0 Å². The average Bonchev–Trinajstić information content (AvgIpc) is 3.57. The van der Waals surface area contributed by atoms with Crippen LogP contribution in [-0.2, 0) is 11.2 Å². The van der Waals surface area contributed by atoms with Crippen molar-refractivity contribution in [3.8, 4) is 11.4 Å². The molecule has 174 valence electrons. The van der Waals surface area contributed by atoms with E-state index < -0.39 is 0 Å². The van der Waals surface area contributed by atoms with Crippen LogP contribution in [0, 0.1) is 19.7 Å². The molecule has 9 nitrogen and oxygen atoms in total. The van der Waals surface area contributed by atoms with Gasteiger partial charge in [-0.05, 0) is 61.2 Å². The third kappa shape index (κ3) is 4.08. The third-order valence-corrected chi connectivity index (χ3v) is 6.17. The Morgan fingerprint density at radius 1 is 1.03 bits per heavy atom. The Bertz CT molecular complexity index is 1310. The Hall–Kier alpha value is -3.92. The first-order chi connectivity index (χ1) is 16.5. The lowest BCUT2D eigenvalue weighted by molar-refractivity contribution is -0.00186. The van der Waals surface area contributed by atoms with Crippen LogP contribution in [0.5, 0.6) is 0 Å². The topological polar surface area (TPSA) is 91.0 Å². The lowest BCUT2D eigenvalue weighted by Crippen LogP contribution is -2.50. The molecule has 0 bridgehead atoms. The van der Waals surface area contributed by atoms with E-state index in [-0.39, 0.29) is 17.8 Å². The van der Waals surface area contributed by atoms with Gasteiger partial charge in [0.05, 0.1) is 55.3 Å². The van der Waals surface area contributed by atoms with Crippen LogP contribution in [0.15, 0.2) is 55.1 Å². The molecule has 1 amide bonds. The van der Waals surface area contributed by atoms with E-state index in [1.807, 2.05) is 19.9 Å². The summed E-state index contributed by atoms with van der Waals surface area (Å²) in [5.74, 6) is -0.504. The lowest BCUT2D eigenvalue weighted by Gasteiger charge is -2.36. The lowest BCUT2D eigenvalue weighted by atomic mass is 9.99. The molecule has 0 unspecified atom stereocenters. The van der Waals surface area contributed by atoms with E-state index in [1.165, 1.54) is 15.7 Å². The molecular formula is C24H24FN7O2. The maximum atomic E-state index is 14.8. The zero-order valence-corrected chi connectivity index (χ0v) is 18.9. The molecule has 34 heavy (non-hydrogen) atoms. The highest BCUT2D eigenvalue weighted by Gasteiger charge is 2.31. The number of aromatic nitrogens is 6. The van der Waals surface area contributed by atoms with Crippen molar-refractivity contribution >= 4 is 5.91 Å². The second-order valence-electron chi connectivity index (χ2n) is 8.25. The number of amides is 1. The van der Waals surface area contributed by atoms with E-state index in [2.05, 4.69) is 20.4 Å². The normalized spacial score (nSPS) is 16.1. The van der Waals surface area contributed by atoms with Gasteiger partial charge < -0.3 is 9.64 Å². The fourth-order valence-electron chi connectivity index (χ4n) is 4.25. The van der Waals surface area contributed by atoms with Crippen molar-refractivity contribution in [3.05, 3.63) is 83.2 Å². The Kier molecular flexibility index (Phi) is 5.89. The zero-order chi connectivity index (χ0) is 23.7. The van der Waals surface area contributed by atoms with Crippen molar-refractivity contribution < 1.29 is 13.9 Å². The van der Waals surface area contributed by atoms with Crippen LogP contribution in [0.25, 0.3) is 11.4 Å². The van der Waals surface area contributed by atoms with Crippen molar-refractivity contribution in [2.45, 2.75) is 26.3 Å². The van der Waals surface area contributed by atoms with Gasteiger partial charge in [0, 0.05) is 6.54 Å². The molecule has 1 fully saturated rings. The molecule has 4 aromatic rings. The molecule has 3 heterocycles. The van der Waals surface area contributed by atoms with Crippen LogP contribution in [0.3, 0.4) is 0 Å². The maximum Gasteiger partial charge on any atom is 0.256 e. The molecule has 0 spiro atoms. The van der Waals surface area contributed by atoms with E-state index in [1.54, 1.807) is 47.9 Å². The molecule has 1 atom stereocenters. The predicted molar refractivity (Wildman–Crippen MR) is 121 cm³/mol. The highest BCUT2D eigenvalue weighted by atomic mass is 19.1. The summed E-state index contributed by atoms with van der Waals surface area (Å²) in [6.45, 7) is 5.08. The number of aryl methyl sites for hydroxylation is 1. The number of halogens is 1. The zero-order valence-electron chi connectivity index (χ0n) is 18.9. The van der Waals surface area contributed by atoms with Crippen molar-refractivity contribution in [1.82, 2.24) is 34.9 Å². The quantitative estimate of drug-likeness (QED) is 0.454. The van der Waals surface area contributed by atoms with Gasteiger partial charge in [-0.1, -0.05) is 6.07 Å². The second-order valence-corrected chi connectivity index (χ2v) is 8.25. The van der Waals surface area contributed by atoms with Gasteiger partial charge in [-0.3, -0.25) is 4.79 Å². The minimum atomic E-state index is -0.346. The number of rotatable bonds is 5. The summed E-state index contributed by atoms with van der Waals surface area (Å²) in [5.41, 5.74) is 4.24. The fraction of sp³-hybridized carbons (Fsp3) is 0.292. The fourth-order valence-corrected chi connectivity index (χ4v) is 4.25. The third-order valence-electron chi connectivity index (χ3n) is 6.17. The molecule has 1 saturated heterocycles. The Morgan fingerprint density at radius 2 is 1.74 bits per heavy atom. The predicted octanol–water partition coefficient (Wildman–Crippen LogP) is 2.69. The monoisotopic (exact) mass is 461 g/mol. The first kappa shape index (κ1) is 21.9. The molecule has 5 rings (SSSR count). The maximum absolute atomic E-state index is 14.8. The van der Waals surface area contributed by atoms with Gasteiger partial charge in [-0.25, -0.2) is 4.39 Å². The average molecular weight is 462 g/mol. The number of benzene rings is 2. The van der Waals surface area contributed by atoms with E-state index in [4.69, 9.17) is 4.74 Å². The van der Waals surface area contributed by atoms with Crippen molar-refractivity contribution in [2.75, 3.05) is 19.8 Å². The molecule has 2 aromatic heterocycles. The van der Waals surface area contributed by atoms with Gasteiger partial charge in [-0.15, -0.1) is 0 Å². The van der Waals surface area contributed by atoms with Crippen molar-refractivity contribution in [1.29, 1.82) is 0 Å². The van der Waals surface area contributed by atoms with Crippen LogP contribution in [-0.4, -0.2) is 66.6 Å². The van der Waals surface area contributed by atoms with Crippen LogP contribution >= 0.6 is 0 Å². The highest BCUT2D eigenvalue weighted by molar-refractivity contribution is 5.98. The summed E-state index contributed by atoms with van der Waals surface area (Å²) < 4.78 is 20.4. The molecule has 10 heteroatoms. The van der Waals surface area contributed by atoms with Crippen molar-refractivity contribution in [3.63, 3.8) is 0 Å². The Labute approximate surface area is 195 Å². The number of hydrogen-bond acceptors (Lipinski definition) is 6. The molecule has 0 N–H and O–H groups in total. The minimum Gasteiger partial charge on any atom is -0.377 e. The van der Waals surface area contributed by atoms with E-state index >= 15 is 0 Å². The van der Waals surface area contributed by atoms with Gasteiger partial charge in [0.15, 0.2) is 0 Å². The molecule has 1 aliphatic rings. The first-order valence-corrected chi connectivity index (χ1v) is 11.0. The largest absolute Gasteiger partial charge is 0.377 e. The number of carbonyl (C=O) groups excluding carboxylic acids is 1. The van der Waals surface area contributed by atoms with Gasteiger partial charge in [0.2, 0.25) is 0 Å². The van der Waals surface area contributed by atoms with E-state index in [9.17, 15) is 9.18 Å². The van der Waals surface area contributed by atoms with Crippen LogP contribution in [0.1, 0.15) is 27.0 Å². The van der Waals surface area contributed by atoms with E-state index in [0.717, 1.165) is 11.1 Å². The standard InChI is InChI=1S/C24H24FN7O2/c1-16-3-5-21(23(17(16)2)32-28-9-10-29-32)24(33)30-11-12-34-15-20(30)14-18-13-19(4-6-22(18)25)31-26-7-8-27-31/h3-10,13,20H,11-12,14-15H2,1-2H3/t20-/m1/s1. The van der Waals surface area contributed by atoms with Crippen LogP contribution in [0.4, 0.5) is 4.39 Å². The number of ether oxygens (including phenoxy) is 1. The molecule has 1 aliphatic heterocycles. The molecular weight excluding hydrogens is 437 g/mol. The minimum absolute atomic E-state index is 0.158. The van der Waals surface area contributed by atoms with Gasteiger partial charge in [0.25, 0.3) is 5.91 Å². The summed E-state index contributed by atoms with van der Waals surface area (Å²) in [4.78, 5) is 18.5. The van der Waals surface area contributed by atoms with Crippen LogP contribution < -0.4 is 0 Å². The summed E-state index contributed by atoms with van der Waals surface area (Å²) in [6.07, 6.45) is 6.59. The SMILES string of the molecule is Cc1ccc(C(=O)N2CCOC[C@H]2Cc2cc(-n3nccn3)ccc2F)c(-n2nccn2)c1C. The number of carbonyl (C=O) groups is 1. The Balaban J connectivity index is 1.47. The second kappa shape index (κ2) is 9.14. The van der Waals surface area contributed by atoms with E-state index in [0.29, 0.717) is 48.7 Å². The molecule has 0 aliphatic carbocycles. The van der Waals surface area contributed by atoms with Crippen LogP contribution in [0.2, 0.25) is 0 Å². The first-order valence-electron chi connectivity index (χ1n) is 11.0. The molecule has 2 aromatic carbocycles. The smallest absolute Gasteiger partial charge is 0.256 e. The number of morpholine rings is 1. The summed E-state index contributed by atoms with van der Waals surface area (Å²) in [7, 11) is 0. The summed E-state index contributed by atoms with van der Waals surface area (Å²) >= 11 is 0. The van der Waals surface area contributed by atoms with Gasteiger partial charge in [0.1, 0.15) is 11.5 Å². The summed E-state index contributed by atoms with van der Waals surface area (Å²) in [6, 6.07) is 8.12. The Morgan fingerprint density at radius 3 is 2.47 bits per heavy atom. The molecule has 0 radical (unpaired) electrons. The number of hydrogen-bond donors (Lipinski definition) is 0. The van der Waals surface area contributed by atoms with Gasteiger partial charge >= 0.3 is 0 Å². The molecule has 0 saturated carbocycles. The highest BCUT2D eigenvalue weighted by Crippen LogP contribution is 2.26. The summed E-state index contributed by atoms with van der Waals surface area (Å²) in [5, 5.41) is 16.7.